The van der Waals surface area contributed by atoms with Gasteiger partial charge in [-0.25, -0.2) is 15.0 Å². The molecule has 0 spiro atoms. The lowest BCUT2D eigenvalue weighted by molar-refractivity contribution is -0.317. The van der Waals surface area contributed by atoms with Crippen LogP contribution in [0, 0.1) is 17.8 Å². The normalized spacial score (nSPS) is 42.3. The summed E-state index contributed by atoms with van der Waals surface area (Å²) in [5.41, 5.74) is -0.0501. The Balaban J connectivity index is 1.51. The number of aromatic nitrogens is 1. The fourth-order valence-corrected chi connectivity index (χ4v) is 10.6. The Morgan fingerprint density at radius 1 is 1.05 bits per heavy atom. The molecule has 0 bridgehead atoms. The van der Waals surface area contributed by atoms with Gasteiger partial charge in [0.1, 0.15) is 17.8 Å². The number of aliphatic hydroxyl groups excluding tert-OH is 1. The molecule has 5 rings (SSSR count). The van der Waals surface area contributed by atoms with Crippen molar-refractivity contribution in [3.8, 4) is 0 Å². The molecule has 4 aliphatic heterocycles. The number of aromatic amines is 1. The van der Waals surface area contributed by atoms with Crippen LogP contribution in [0.4, 0.5) is 9.59 Å². The second-order valence-electron chi connectivity index (χ2n) is 20.3. The van der Waals surface area contributed by atoms with Gasteiger partial charge in [-0.2, -0.15) is 5.10 Å². The minimum Gasteiger partial charge on any atom is -0.458 e. The summed E-state index contributed by atoms with van der Waals surface area (Å²) >= 11 is 0. The molecule has 376 valence electrons. The molecule has 18 atom stereocenters. The van der Waals surface area contributed by atoms with E-state index in [9.17, 15) is 24.6 Å². The van der Waals surface area contributed by atoms with E-state index in [2.05, 4.69) is 15.5 Å². The maximum atomic E-state index is 14.7. The number of fused-ring (bicyclic) bond motifs is 1. The number of carbonyl (C=O) groups excluding carboxylic acids is 3. The van der Waals surface area contributed by atoms with E-state index in [1.54, 1.807) is 41.5 Å². The van der Waals surface area contributed by atoms with Crippen molar-refractivity contribution < 1.29 is 67.2 Å². The van der Waals surface area contributed by atoms with Gasteiger partial charge in [0.15, 0.2) is 30.4 Å². The van der Waals surface area contributed by atoms with Crippen molar-refractivity contribution in [2.24, 2.45) is 22.9 Å². The zero-order valence-corrected chi connectivity index (χ0v) is 41.8. The van der Waals surface area contributed by atoms with Crippen LogP contribution in [0.1, 0.15) is 108 Å². The van der Waals surface area contributed by atoms with Crippen molar-refractivity contribution in [3.05, 3.63) is 24.0 Å². The minimum absolute atomic E-state index is 0.0478. The minimum atomic E-state index is -1.61. The quantitative estimate of drug-likeness (QED) is 0.102. The second-order valence-corrected chi connectivity index (χ2v) is 20.3. The van der Waals surface area contributed by atoms with Crippen molar-refractivity contribution in [2.45, 2.75) is 199 Å². The molecule has 4 N–H and O–H groups in total. The molecule has 4 fully saturated rings. The molecule has 4 aliphatic rings. The predicted molar refractivity (Wildman–Crippen MR) is 242 cm³/mol. The second kappa shape index (κ2) is 21.9. The molecule has 66 heavy (non-hydrogen) atoms. The summed E-state index contributed by atoms with van der Waals surface area (Å²) in [6.07, 6.45) is -7.39. The number of methoxy groups -OCH3 is 1. The number of likely N-dealkylation sites (N-methyl/N-ethyl adjacent to an activating group) is 2. The Bertz CT molecular complexity index is 1800. The molecule has 1 aromatic heterocycles. The van der Waals surface area contributed by atoms with Gasteiger partial charge in [0.25, 0.3) is 0 Å². The summed E-state index contributed by atoms with van der Waals surface area (Å²) in [6, 6.07) is 3.11. The molecule has 19 heteroatoms. The van der Waals surface area contributed by atoms with Crippen molar-refractivity contribution in [2.75, 3.05) is 34.8 Å². The standard InChI is InChI=1S/C47H79N5O14/c1-16-34-47(11)39(65-44(56)66-47)30(7)52(14)24-25(2)22-45(9,57)38(63-42-36(53)33(51(12)13)21-27(4)59-42)28(5)37(29(6)41(54)61-34)62-35-23-46(10,58-15)40(31(8)60-35)64-43(55)50-49-26(3)20-32-18-17-19-48-32/h17-19,25,27-31,33-40,42,48,53,57H,16,20-24H2,1-15H3,(H,50,55)/b49-26-/t25-,27-,28+,29-,30-,31+,33+,34-,35+,36-,37+,38-,39-,40?,42+,45-,46-,47-/m1/s1. The average molecular weight is 938 g/mol. The fraction of sp³-hybridized carbons (Fsp3) is 0.830. The third kappa shape index (κ3) is 12.2. The summed E-state index contributed by atoms with van der Waals surface area (Å²) in [6.45, 7) is 20.4. The Morgan fingerprint density at radius 3 is 2.36 bits per heavy atom. The molecule has 1 unspecified atom stereocenters. The van der Waals surface area contributed by atoms with E-state index in [1.165, 1.54) is 7.11 Å². The number of hydrazone groups is 1. The number of rotatable bonds is 11. The Labute approximate surface area is 390 Å². The van der Waals surface area contributed by atoms with Gasteiger partial charge in [-0.3, -0.25) is 9.69 Å². The van der Waals surface area contributed by atoms with E-state index >= 15 is 0 Å². The van der Waals surface area contributed by atoms with Crippen LogP contribution in [0.3, 0.4) is 0 Å². The molecular formula is C47H79N5O14. The number of hydrogen-bond donors (Lipinski definition) is 4. The first-order chi connectivity index (χ1) is 30.8. The maximum absolute atomic E-state index is 14.7. The van der Waals surface area contributed by atoms with Gasteiger partial charge in [0, 0.05) is 62.1 Å². The fourth-order valence-electron chi connectivity index (χ4n) is 10.6. The summed E-state index contributed by atoms with van der Waals surface area (Å²) in [7, 11) is 7.18. The summed E-state index contributed by atoms with van der Waals surface area (Å²) in [4.78, 5) is 47.8. The van der Waals surface area contributed by atoms with Crippen LogP contribution >= 0.6 is 0 Å². The van der Waals surface area contributed by atoms with Crippen LogP contribution in [-0.4, -0.2) is 174 Å². The lowest BCUT2D eigenvalue weighted by Crippen LogP contribution is -2.61. The number of ether oxygens (including phenoxy) is 9. The van der Waals surface area contributed by atoms with Crippen LogP contribution < -0.4 is 5.43 Å². The molecule has 0 aromatic carbocycles. The van der Waals surface area contributed by atoms with Crippen molar-refractivity contribution in [3.63, 3.8) is 0 Å². The maximum Gasteiger partial charge on any atom is 0.509 e. The molecule has 1 amide bonds. The highest BCUT2D eigenvalue weighted by Crippen LogP contribution is 2.42. The van der Waals surface area contributed by atoms with Gasteiger partial charge in [-0.05, 0) is 114 Å². The zero-order valence-electron chi connectivity index (χ0n) is 41.8. The van der Waals surface area contributed by atoms with Gasteiger partial charge in [0.2, 0.25) is 0 Å². The van der Waals surface area contributed by atoms with Crippen LogP contribution in [0.15, 0.2) is 23.4 Å². The molecule has 1 aromatic rings. The monoisotopic (exact) mass is 938 g/mol. The first kappa shape index (κ1) is 53.6. The highest BCUT2D eigenvalue weighted by Gasteiger charge is 2.58. The molecule has 19 nitrogen and oxygen atoms in total. The van der Waals surface area contributed by atoms with Gasteiger partial charge < -0.3 is 62.7 Å². The van der Waals surface area contributed by atoms with E-state index < -0.39 is 102 Å². The molecule has 0 aliphatic carbocycles. The number of hydrogen-bond acceptors (Lipinski definition) is 17. The van der Waals surface area contributed by atoms with Crippen LogP contribution in [0.2, 0.25) is 0 Å². The number of aliphatic hydroxyl groups is 2. The largest absolute Gasteiger partial charge is 0.509 e. The average Bonchev–Trinajstić information content (AvgIpc) is 3.87. The first-order valence-electron chi connectivity index (χ1n) is 23.5. The Morgan fingerprint density at radius 2 is 1.74 bits per heavy atom. The summed E-state index contributed by atoms with van der Waals surface area (Å²) < 4.78 is 56.5. The first-order valence-corrected chi connectivity index (χ1v) is 23.5. The highest BCUT2D eigenvalue weighted by atomic mass is 16.8. The Hall–Kier alpha value is -3.40. The predicted octanol–water partition coefficient (Wildman–Crippen LogP) is 4.76. The number of amides is 1. The van der Waals surface area contributed by atoms with E-state index in [0.29, 0.717) is 31.5 Å². The number of esters is 1. The van der Waals surface area contributed by atoms with Crippen molar-refractivity contribution >= 4 is 23.9 Å². The number of nitrogens with one attached hydrogen (secondary N) is 2. The van der Waals surface area contributed by atoms with Gasteiger partial charge in [-0.1, -0.05) is 20.8 Å². The smallest absolute Gasteiger partial charge is 0.458 e. The lowest BCUT2D eigenvalue weighted by atomic mass is 9.77. The highest BCUT2D eigenvalue weighted by molar-refractivity contribution is 5.84. The van der Waals surface area contributed by atoms with E-state index in [4.69, 9.17) is 42.6 Å². The molecule has 0 saturated carbocycles. The molecule has 0 radical (unpaired) electrons. The van der Waals surface area contributed by atoms with Crippen LogP contribution in [0.5, 0.6) is 0 Å². The molecule has 4 saturated heterocycles. The van der Waals surface area contributed by atoms with Gasteiger partial charge in [0.05, 0.1) is 35.9 Å². The number of nitrogens with zero attached hydrogens (tertiary/aromatic N) is 3. The zero-order chi connectivity index (χ0) is 49.1. The topological polar surface area (TPSA) is 221 Å². The number of cyclic esters (lactones) is 1. The molecule has 5 heterocycles. The van der Waals surface area contributed by atoms with Gasteiger partial charge in [-0.15, -0.1) is 0 Å². The third-order valence-electron chi connectivity index (χ3n) is 14.3. The summed E-state index contributed by atoms with van der Waals surface area (Å²) in [5, 5.41) is 28.7. The SMILES string of the molecule is CC[C@H]1OC(=O)[C@H](C)[C@@H](O[C@H]2C[C@@](C)(OC)C(OC(=O)N/N=C(/C)Cc3ccc[nH]3)[C@H](C)O2)[C@H](C)[C@@H](O[C@@H]2O[C@H](C)C[C@H](N(C)C)[C@H]2O)[C@](C)(O)C[C@@H](C)CN(C)[C@H](C)[C@H]2OC(=O)O[C@@]21C. The van der Waals surface area contributed by atoms with Crippen LogP contribution in [0.25, 0.3) is 0 Å². The lowest BCUT2D eigenvalue weighted by Gasteiger charge is -2.49. The number of H-pyrrole nitrogens is 1. The van der Waals surface area contributed by atoms with Crippen molar-refractivity contribution in [1.29, 1.82) is 0 Å². The van der Waals surface area contributed by atoms with E-state index in [0.717, 1.165) is 5.69 Å². The Kier molecular flexibility index (Phi) is 17.8. The third-order valence-corrected chi connectivity index (χ3v) is 14.3. The van der Waals surface area contributed by atoms with Crippen LogP contribution in [-0.2, 0) is 53.8 Å². The van der Waals surface area contributed by atoms with Crippen molar-refractivity contribution in [1.82, 2.24) is 20.2 Å². The number of carbonyl (C=O) groups is 3. The molecular weight excluding hydrogens is 859 g/mol. The van der Waals surface area contributed by atoms with E-state index in [-0.39, 0.29) is 36.9 Å². The summed E-state index contributed by atoms with van der Waals surface area (Å²) in [5.74, 6) is -2.68. The van der Waals surface area contributed by atoms with E-state index in [1.807, 2.05) is 83.9 Å². The van der Waals surface area contributed by atoms with Gasteiger partial charge >= 0.3 is 18.2 Å².